The lowest BCUT2D eigenvalue weighted by atomic mass is 10.3. The van der Waals surface area contributed by atoms with Crippen LogP contribution >= 0.6 is 23.2 Å². The van der Waals surface area contributed by atoms with E-state index in [4.69, 9.17) is 29.0 Å². The van der Waals surface area contributed by atoms with Crippen molar-refractivity contribution in [2.45, 2.75) is 0 Å². The number of hydrogen-bond acceptors (Lipinski definition) is 5. The maximum atomic E-state index is 11.9. The summed E-state index contributed by atoms with van der Waals surface area (Å²) in [5, 5.41) is 3.46. The van der Waals surface area contributed by atoms with E-state index in [0.717, 1.165) is 0 Å². The minimum absolute atomic E-state index is 0.117. The number of hydrazine groups is 1. The lowest BCUT2D eigenvalue weighted by Crippen LogP contribution is -2.16. The monoisotopic (exact) mass is 297 g/mol. The summed E-state index contributed by atoms with van der Waals surface area (Å²) in [5.41, 5.74) is 2.89. The molecule has 1 aromatic carbocycles. The summed E-state index contributed by atoms with van der Waals surface area (Å²) in [6, 6.07) is 4.71. The van der Waals surface area contributed by atoms with Crippen LogP contribution in [0.3, 0.4) is 0 Å². The van der Waals surface area contributed by atoms with E-state index in [-0.39, 0.29) is 11.5 Å². The fourth-order valence-corrected chi connectivity index (χ4v) is 1.89. The van der Waals surface area contributed by atoms with E-state index in [1.54, 1.807) is 18.2 Å². The average Bonchev–Trinajstić information content (AvgIpc) is 2.37. The second-order valence-corrected chi connectivity index (χ2v) is 4.42. The Labute approximate surface area is 118 Å². The van der Waals surface area contributed by atoms with E-state index in [1.165, 1.54) is 12.4 Å². The number of nitrogens with two attached hydrogens (primary N) is 1. The van der Waals surface area contributed by atoms with E-state index in [2.05, 4.69) is 20.7 Å². The molecule has 8 heteroatoms. The lowest BCUT2D eigenvalue weighted by molar-refractivity contribution is 0.102. The van der Waals surface area contributed by atoms with Crippen molar-refractivity contribution in [2.24, 2.45) is 5.84 Å². The Morgan fingerprint density at radius 2 is 1.84 bits per heavy atom. The zero-order valence-corrected chi connectivity index (χ0v) is 11.0. The van der Waals surface area contributed by atoms with E-state index >= 15 is 0 Å². The Hall–Kier alpha value is -1.89. The highest BCUT2D eigenvalue weighted by molar-refractivity contribution is 6.35. The van der Waals surface area contributed by atoms with Gasteiger partial charge in [0.15, 0.2) is 5.82 Å². The van der Waals surface area contributed by atoms with Crippen molar-refractivity contribution >= 4 is 40.6 Å². The van der Waals surface area contributed by atoms with Crippen LogP contribution in [0.2, 0.25) is 10.0 Å². The van der Waals surface area contributed by atoms with Gasteiger partial charge in [-0.15, -0.1) is 0 Å². The number of carbonyl (C=O) groups is 1. The fourth-order valence-electron chi connectivity index (χ4n) is 1.37. The van der Waals surface area contributed by atoms with Gasteiger partial charge in [0.1, 0.15) is 5.69 Å². The van der Waals surface area contributed by atoms with Crippen LogP contribution < -0.4 is 16.6 Å². The largest absolute Gasteiger partial charge is 0.320 e. The number of nitrogens with one attached hydrogen (secondary N) is 2. The molecule has 1 heterocycles. The first-order valence-corrected chi connectivity index (χ1v) is 5.90. The van der Waals surface area contributed by atoms with Crippen molar-refractivity contribution in [3.05, 3.63) is 46.3 Å². The van der Waals surface area contributed by atoms with Crippen molar-refractivity contribution < 1.29 is 4.79 Å². The molecule has 0 spiro atoms. The summed E-state index contributed by atoms with van der Waals surface area (Å²) in [6.07, 6.45) is 2.72. The van der Waals surface area contributed by atoms with Gasteiger partial charge in [-0.1, -0.05) is 23.2 Å². The second-order valence-electron chi connectivity index (χ2n) is 3.55. The smallest absolute Gasteiger partial charge is 0.275 e. The summed E-state index contributed by atoms with van der Waals surface area (Å²) in [4.78, 5) is 19.7. The molecular formula is C11H9Cl2N5O. The SMILES string of the molecule is NNc1cncc(C(=O)Nc2cc(Cl)cc(Cl)c2)n1. The summed E-state index contributed by atoms with van der Waals surface area (Å²) in [5.74, 6) is 5.04. The molecule has 0 aliphatic rings. The van der Waals surface area contributed by atoms with Crippen LogP contribution in [0, 0.1) is 0 Å². The van der Waals surface area contributed by atoms with Crippen molar-refractivity contribution in [3.8, 4) is 0 Å². The first kappa shape index (κ1) is 13.5. The minimum Gasteiger partial charge on any atom is -0.320 e. The highest BCUT2D eigenvalue weighted by Crippen LogP contribution is 2.22. The third-order valence-corrected chi connectivity index (χ3v) is 2.57. The molecule has 4 N–H and O–H groups in total. The van der Waals surface area contributed by atoms with E-state index < -0.39 is 5.91 Å². The number of rotatable bonds is 3. The maximum Gasteiger partial charge on any atom is 0.275 e. The summed E-state index contributed by atoms with van der Waals surface area (Å²) in [6.45, 7) is 0. The fraction of sp³-hybridized carbons (Fsp3) is 0. The molecule has 0 aliphatic carbocycles. The molecule has 1 amide bonds. The van der Waals surface area contributed by atoms with Gasteiger partial charge in [0.05, 0.1) is 12.4 Å². The van der Waals surface area contributed by atoms with Gasteiger partial charge in [0, 0.05) is 15.7 Å². The first-order chi connectivity index (χ1) is 9.08. The number of aromatic nitrogens is 2. The van der Waals surface area contributed by atoms with Crippen LogP contribution in [0.25, 0.3) is 0 Å². The number of hydrogen-bond donors (Lipinski definition) is 3. The third kappa shape index (κ3) is 3.54. The minimum atomic E-state index is -0.442. The van der Waals surface area contributed by atoms with Crippen LogP contribution in [0.1, 0.15) is 10.5 Å². The molecule has 1 aromatic heterocycles. The summed E-state index contributed by atoms with van der Waals surface area (Å²) >= 11 is 11.7. The van der Waals surface area contributed by atoms with Gasteiger partial charge < -0.3 is 10.7 Å². The Bertz CT molecular complexity index is 600. The molecule has 2 aromatic rings. The zero-order valence-electron chi connectivity index (χ0n) is 9.52. The van der Waals surface area contributed by atoms with Crippen LogP contribution in [0.5, 0.6) is 0 Å². The number of anilines is 2. The third-order valence-electron chi connectivity index (χ3n) is 2.14. The second kappa shape index (κ2) is 5.83. The number of carbonyl (C=O) groups excluding carboxylic acids is 1. The topological polar surface area (TPSA) is 92.9 Å². The Kier molecular flexibility index (Phi) is 4.16. The first-order valence-electron chi connectivity index (χ1n) is 5.14. The number of nitrogens with zero attached hydrogens (tertiary/aromatic N) is 2. The van der Waals surface area contributed by atoms with Crippen molar-refractivity contribution in [2.75, 3.05) is 10.7 Å². The van der Waals surface area contributed by atoms with Crippen molar-refractivity contribution in [1.29, 1.82) is 0 Å². The number of benzene rings is 1. The van der Waals surface area contributed by atoms with Crippen LogP contribution in [-0.2, 0) is 0 Å². The summed E-state index contributed by atoms with van der Waals surface area (Å²) in [7, 11) is 0. The molecule has 0 saturated heterocycles. The number of halogens is 2. The van der Waals surface area contributed by atoms with Crippen LogP contribution in [0.4, 0.5) is 11.5 Å². The van der Waals surface area contributed by atoms with Gasteiger partial charge in [-0.2, -0.15) is 0 Å². The lowest BCUT2D eigenvalue weighted by Gasteiger charge is -2.06. The van der Waals surface area contributed by atoms with Gasteiger partial charge >= 0.3 is 0 Å². The Morgan fingerprint density at radius 1 is 1.16 bits per heavy atom. The van der Waals surface area contributed by atoms with E-state index in [9.17, 15) is 4.79 Å². The molecular weight excluding hydrogens is 289 g/mol. The molecule has 0 aliphatic heterocycles. The van der Waals surface area contributed by atoms with Gasteiger partial charge in [-0.3, -0.25) is 9.78 Å². The predicted octanol–water partition coefficient (Wildman–Crippen LogP) is 2.32. The molecule has 6 nitrogen and oxygen atoms in total. The van der Waals surface area contributed by atoms with Gasteiger partial charge in [0.25, 0.3) is 5.91 Å². The Morgan fingerprint density at radius 3 is 2.47 bits per heavy atom. The standard InChI is InChI=1S/C11H9Cl2N5O/c12-6-1-7(13)3-8(2-6)16-11(19)9-4-15-5-10(17-9)18-14/h1-5H,14H2,(H,16,19)(H,17,18). The summed E-state index contributed by atoms with van der Waals surface area (Å²) < 4.78 is 0. The molecule has 0 saturated carbocycles. The quantitative estimate of drug-likeness (QED) is 0.597. The van der Waals surface area contributed by atoms with Gasteiger partial charge in [0.2, 0.25) is 0 Å². The van der Waals surface area contributed by atoms with E-state index in [1.807, 2.05) is 0 Å². The molecule has 98 valence electrons. The van der Waals surface area contributed by atoms with Gasteiger partial charge in [-0.05, 0) is 18.2 Å². The molecule has 19 heavy (non-hydrogen) atoms. The Balaban J connectivity index is 2.20. The highest BCUT2D eigenvalue weighted by Gasteiger charge is 2.10. The zero-order chi connectivity index (χ0) is 13.8. The highest BCUT2D eigenvalue weighted by atomic mass is 35.5. The van der Waals surface area contributed by atoms with Crippen LogP contribution in [0.15, 0.2) is 30.6 Å². The molecule has 0 bridgehead atoms. The molecule has 2 rings (SSSR count). The molecule has 0 atom stereocenters. The normalized spacial score (nSPS) is 10.1. The molecule has 0 fully saturated rings. The number of nitrogen functional groups attached to an aromatic ring is 1. The predicted molar refractivity (Wildman–Crippen MR) is 74.3 cm³/mol. The maximum absolute atomic E-state index is 11.9. The molecule has 0 radical (unpaired) electrons. The van der Waals surface area contributed by atoms with E-state index in [0.29, 0.717) is 15.7 Å². The van der Waals surface area contributed by atoms with Crippen LogP contribution in [-0.4, -0.2) is 15.9 Å². The molecule has 0 unspecified atom stereocenters. The average molecular weight is 298 g/mol. The van der Waals surface area contributed by atoms with Crippen molar-refractivity contribution in [3.63, 3.8) is 0 Å². The van der Waals surface area contributed by atoms with Gasteiger partial charge in [-0.25, -0.2) is 10.8 Å². The van der Waals surface area contributed by atoms with Crippen molar-refractivity contribution in [1.82, 2.24) is 9.97 Å². The number of amides is 1.